The van der Waals surface area contributed by atoms with E-state index in [4.69, 9.17) is 4.74 Å². The summed E-state index contributed by atoms with van der Waals surface area (Å²) in [6, 6.07) is 18.0. The van der Waals surface area contributed by atoms with Gasteiger partial charge in [0.2, 0.25) is 0 Å². The first kappa shape index (κ1) is 16.1. The monoisotopic (exact) mass is 373 g/mol. The van der Waals surface area contributed by atoms with Gasteiger partial charge in [-0.25, -0.2) is 4.79 Å². The van der Waals surface area contributed by atoms with Gasteiger partial charge in [-0.1, -0.05) is 42.5 Å². The van der Waals surface area contributed by atoms with Crippen molar-refractivity contribution in [1.82, 2.24) is 4.90 Å². The van der Waals surface area contributed by atoms with Gasteiger partial charge < -0.3 is 9.64 Å². The molecule has 3 nitrogen and oxygen atoms in total. The van der Waals surface area contributed by atoms with Crippen LogP contribution in [0.1, 0.15) is 18.4 Å². The highest BCUT2D eigenvalue weighted by Crippen LogP contribution is 2.26. The highest BCUT2D eigenvalue weighted by atomic mass is 79.9. The lowest BCUT2D eigenvalue weighted by atomic mass is 9.90. The minimum Gasteiger partial charge on any atom is -0.409 e. The molecule has 0 bridgehead atoms. The zero-order valence-electron chi connectivity index (χ0n) is 13.0. The fraction of sp³-hybridized carbons (Fsp3) is 0.316. The zero-order valence-corrected chi connectivity index (χ0v) is 14.5. The molecule has 120 valence electrons. The number of carbonyl (C=O) groups excluding carboxylic acids is 1. The molecule has 0 N–H and O–H groups in total. The lowest BCUT2D eigenvalue weighted by molar-refractivity contribution is 0.130. The normalized spacial score (nSPS) is 15.4. The van der Waals surface area contributed by atoms with Crippen molar-refractivity contribution in [2.45, 2.75) is 19.3 Å². The van der Waals surface area contributed by atoms with E-state index in [2.05, 4.69) is 40.2 Å². The third kappa shape index (κ3) is 4.35. The largest absolute Gasteiger partial charge is 0.415 e. The Morgan fingerprint density at radius 2 is 1.70 bits per heavy atom. The zero-order chi connectivity index (χ0) is 16.1. The number of benzene rings is 2. The van der Waals surface area contributed by atoms with Crippen molar-refractivity contribution in [1.29, 1.82) is 0 Å². The van der Waals surface area contributed by atoms with Crippen molar-refractivity contribution in [2.75, 3.05) is 13.1 Å². The summed E-state index contributed by atoms with van der Waals surface area (Å²) >= 11 is 3.40. The first-order valence-electron chi connectivity index (χ1n) is 7.97. The molecule has 1 amide bonds. The van der Waals surface area contributed by atoms with Crippen molar-refractivity contribution in [3.63, 3.8) is 0 Å². The predicted molar refractivity (Wildman–Crippen MR) is 94.6 cm³/mol. The summed E-state index contributed by atoms with van der Waals surface area (Å²) in [6.45, 7) is 1.53. The van der Waals surface area contributed by atoms with Gasteiger partial charge in [0.05, 0.1) is 4.47 Å². The van der Waals surface area contributed by atoms with Gasteiger partial charge in [-0.15, -0.1) is 0 Å². The van der Waals surface area contributed by atoms with E-state index in [0.717, 1.165) is 36.8 Å². The number of likely N-dealkylation sites (tertiary alicyclic amines) is 1. The number of carbonyl (C=O) groups is 1. The van der Waals surface area contributed by atoms with Gasteiger partial charge in [0.15, 0.2) is 0 Å². The molecular weight excluding hydrogens is 354 g/mol. The standard InChI is InChI=1S/C19H20BrNO2/c20-17-8-4-5-9-18(17)23-19(22)21-12-10-16(11-13-21)14-15-6-2-1-3-7-15/h1-9,16H,10-14H2. The average Bonchev–Trinajstić information content (AvgIpc) is 2.58. The van der Waals surface area contributed by atoms with E-state index in [1.54, 1.807) is 11.0 Å². The van der Waals surface area contributed by atoms with Crippen LogP contribution in [0.5, 0.6) is 5.75 Å². The summed E-state index contributed by atoms with van der Waals surface area (Å²) in [7, 11) is 0. The van der Waals surface area contributed by atoms with Gasteiger partial charge in [-0.2, -0.15) is 0 Å². The van der Waals surface area contributed by atoms with E-state index < -0.39 is 0 Å². The Balaban J connectivity index is 1.50. The molecule has 0 atom stereocenters. The smallest absolute Gasteiger partial charge is 0.409 e. The summed E-state index contributed by atoms with van der Waals surface area (Å²) < 4.78 is 6.28. The summed E-state index contributed by atoms with van der Waals surface area (Å²) in [5.41, 5.74) is 1.38. The van der Waals surface area contributed by atoms with E-state index in [-0.39, 0.29) is 6.09 Å². The van der Waals surface area contributed by atoms with Crippen molar-refractivity contribution < 1.29 is 9.53 Å². The molecule has 4 heteroatoms. The Hall–Kier alpha value is -1.81. The number of rotatable bonds is 3. The van der Waals surface area contributed by atoms with Crippen molar-refractivity contribution in [2.24, 2.45) is 5.92 Å². The van der Waals surface area contributed by atoms with Crippen LogP contribution in [0, 0.1) is 5.92 Å². The molecular formula is C19H20BrNO2. The molecule has 1 fully saturated rings. The van der Waals surface area contributed by atoms with Crippen molar-refractivity contribution in [3.05, 3.63) is 64.6 Å². The second-order valence-corrected chi connectivity index (χ2v) is 6.77. The summed E-state index contributed by atoms with van der Waals surface area (Å²) in [5, 5.41) is 0. The topological polar surface area (TPSA) is 29.5 Å². The quantitative estimate of drug-likeness (QED) is 0.765. The molecule has 0 spiro atoms. The number of ether oxygens (including phenoxy) is 1. The van der Waals surface area contributed by atoms with Crippen LogP contribution in [0.2, 0.25) is 0 Å². The number of para-hydroxylation sites is 1. The number of hydrogen-bond acceptors (Lipinski definition) is 2. The predicted octanol–water partition coefficient (Wildman–Crippen LogP) is 4.90. The van der Waals surface area contributed by atoms with E-state index >= 15 is 0 Å². The van der Waals surface area contributed by atoms with E-state index in [9.17, 15) is 4.79 Å². The molecule has 1 aliphatic rings. The number of nitrogens with zero attached hydrogens (tertiary/aromatic N) is 1. The van der Waals surface area contributed by atoms with Crippen LogP contribution in [0.4, 0.5) is 4.79 Å². The van der Waals surface area contributed by atoms with Crippen molar-refractivity contribution in [3.8, 4) is 5.75 Å². The average molecular weight is 374 g/mol. The number of hydrogen-bond donors (Lipinski definition) is 0. The SMILES string of the molecule is O=C(Oc1ccccc1Br)N1CCC(Cc2ccccc2)CC1. The van der Waals surface area contributed by atoms with Crippen molar-refractivity contribution >= 4 is 22.0 Å². The fourth-order valence-electron chi connectivity index (χ4n) is 2.95. The van der Waals surface area contributed by atoms with Gasteiger partial charge in [0, 0.05) is 13.1 Å². The Labute approximate surface area is 145 Å². The van der Waals surface area contributed by atoms with Crippen LogP contribution >= 0.6 is 15.9 Å². The first-order valence-corrected chi connectivity index (χ1v) is 8.77. The molecule has 0 saturated carbocycles. The minimum atomic E-state index is -0.255. The summed E-state index contributed by atoms with van der Waals surface area (Å²) in [6.07, 6.45) is 2.89. The number of piperidine rings is 1. The highest BCUT2D eigenvalue weighted by molar-refractivity contribution is 9.10. The Morgan fingerprint density at radius 3 is 2.39 bits per heavy atom. The van der Waals surface area contributed by atoms with E-state index in [1.807, 2.05) is 24.3 Å². The maximum Gasteiger partial charge on any atom is 0.415 e. The van der Waals surface area contributed by atoms with Crippen LogP contribution < -0.4 is 4.74 Å². The molecule has 0 radical (unpaired) electrons. The molecule has 2 aromatic rings. The van der Waals surface area contributed by atoms with E-state index in [1.165, 1.54) is 5.56 Å². The maximum atomic E-state index is 12.3. The molecule has 1 heterocycles. The molecule has 23 heavy (non-hydrogen) atoms. The lowest BCUT2D eigenvalue weighted by Crippen LogP contribution is -2.40. The molecule has 1 aliphatic heterocycles. The Bertz CT molecular complexity index is 651. The fourth-order valence-corrected chi connectivity index (χ4v) is 3.32. The Kier molecular flexibility index (Phi) is 5.34. The lowest BCUT2D eigenvalue weighted by Gasteiger charge is -2.31. The maximum absolute atomic E-state index is 12.3. The summed E-state index contributed by atoms with van der Waals surface area (Å²) in [5.74, 6) is 1.22. The molecule has 1 saturated heterocycles. The molecule has 2 aromatic carbocycles. The number of amides is 1. The highest BCUT2D eigenvalue weighted by Gasteiger charge is 2.24. The Morgan fingerprint density at radius 1 is 1.04 bits per heavy atom. The number of halogens is 1. The molecule has 3 rings (SSSR count). The summed E-state index contributed by atoms with van der Waals surface area (Å²) in [4.78, 5) is 14.1. The van der Waals surface area contributed by atoms with Crippen LogP contribution in [-0.4, -0.2) is 24.1 Å². The van der Waals surface area contributed by atoms with Gasteiger partial charge in [-0.3, -0.25) is 0 Å². The van der Waals surface area contributed by atoms with Crippen LogP contribution in [0.15, 0.2) is 59.1 Å². The molecule has 0 aliphatic carbocycles. The second-order valence-electron chi connectivity index (χ2n) is 5.92. The van der Waals surface area contributed by atoms with Gasteiger partial charge in [-0.05, 0) is 58.8 Å². The first-order chi connectivity index (χ1) is 11.2. The second kappa shape index (κ2) is 7.64. The minimum absolute atomic E-state index is 0.255. The third-order valence-electron chi connectivity index (χ3n) is 4.27. The van der Waals surface area contributed by atoms with Gasteiger partial charge in [0.25, 0.3) is 0 Å². The molecule has 0 aromatic heterocycles. The third-order valence-corrected chi connectivity index (χ3v) is 4.93. The van der Waals surface area contributed by atoms with Crippen LogP contribution in [0.25, 0.3) is 0 Å². The van der Waals surface area contributed by atoms with E-state index in [0.29, 0.717) is 11.7 Å². The molecule has 0 unspecified atom stereocenters. The van der Waals surface area contributed by atoms with Gasteiger partial charge in [0.1, 0.15) is 5.75 Å². The van der Waals surface area contributed by atoms with Crippen LogP contribution in [0.3, 0.4) is 0 Å². The van der Waals surface area contributed by atoms with Gasteiger partial charge >= 0.3 is 6.09 Å². The van der Waals surface area contributed by atoms with Crippen LogP contribution in [-0.2, 0) is 6.42 Å².